The van der Waals surface area contributed by atoms with Crippen LogP contribution in [-0.4, -0.2) is 50.6 Å². The van der Waals surface area contributed by atoms with Crippen molar-refractivity contribution in [1.29, 1.82) is 0 Å². The second-order valence-corrected chi connectivity index (χ2v) is 10.5. The minimum atomic E-state index is -0.268. The van der Waals surface area contributed by atoms with Crippen LogP contribution in [0.1, 0.15) is 45.3 Å². The maximum Gasteiger partial charge on any atom is 0.268 e. The van der Waals surface area contributed by atoms with E-state index >= 15 is 0 Å². The summed E-state index contributed by atoms with van der Waals surface area (Å²) in [6.07, 6.45) is 7.83. The maximum atomic E-state index is 13.2. The third kappa shape index (κ3) is 3.74. The quantitative estimate of drug-likeness (QED) is 0.306. The first kappa shape index (κ1) is 22.4. The first-order valence-corrected chi connectivity index (χ1v) is 12.5. The van der Waals surface area contributed by atoms with Gasteiger partial charge in [-0.05, 0) is 61.1 Å². The normalized spacial score (nSPS) is 21.0. The molecule has 36 heavy (non-hydrogen) atoms. The Hall–Kier alpha value is -4.05. The summed E-state index contributed by atoms with van der Waals surface area (Å²) in [6.45, 7) is 5.06. The minimum Gasteiger partial charge on any atom is -0.443 e. The van der Waals surface area contributed by atoms with E-state index in [4.69, 9.17) is 4.42 Å². The largest absolute Gasteiger partial charge is 0.443 e. The second-order valence-electron chi connectivity index (χ2n) is 9.43. The molecule has 10 heteroatoms. The van der Waals surface area contributed by atoms with Crippen molar-refractivity contribution in [3.8, 4) is 10.6 Å². The Labute approximate surface area is 210 Å². The standard InChI is InChI=1S/C26H23N5O4S/c1-2-23(33)30-8-7-26(14-30)10-17(11-26)31-19-4-3-16(13-32)9-18(19)28-25(31)29-24(34)22-6-5-21(36-22)20-12-27-15-35-20/h2-6,9,12-13,15,17H,1,7-8,10-11,14H2,(H,28,29,34)/t17-,26-. The van der Waals surface area contributed by atoms with Crippen molar-refractivity contribution in [2.75, 3.05) is 18.4 Å². The number of rotatable bonds is 6. The van der Waals surface area contributed by atoms with Crippen LogP contribution in [-0.2, 0) is 4.79 Å². The molecule has 1 N–H and O–H groups in total. The number of aldehydes is 1. The summed E-state index contributed by atoms with van der Waals surface area (Å²) in [7, 11) is 0. The zero-order valence-electron chi connectivity index (χ0n) is 19.3. The number of likely N-dealkylation sites (tertiary alicyclic amines) is 1. The van der Waals surface area contributed by atoms with Gasteiger partial charge in [0.2, 0.25) is 11.9 Å². The van der Waals surface area contributed by atoms with Gasteiger partial charge in [-0.2, -0.15) is 0 Å². The third-order valence-electron chi connectivity index (χ3n) is 7.21. The highest BCUT2D eigenvalue weighted by molar-refractivity contribution is 7.17. The Kier molecular flexibility index (Phi) is 5.33. The molecule has 0 unspecified atom stereocenters. The van der Waals surface area contributed by atoms with E-state index in [1.807, 2.05) is 17.0 Å². The van der Waals surface area contributed by atoms with Crippen molar-refractivity contribution < 1.29 is 18.8 Å². The van der Waals surface area contributed by atoms with Crippen LogP contribution in [0.5, 0.6) is 0 Å². The van der Waals surface area contributed by atoms with Gasteiger partial charge in [-0.3, -0.25) is 19.7 Å². The number of hydrogen-bond acceptors (Lipinski definition) is 7. The lowest BCUT2D eigenvalue weighted by Gasteiger charge is -2.46. The molecule has 1 aromatic carbocycles. The summed E-state index contributed by atoms with van der Waals surface area (Å²) >= 11 is 1.31. The molecule has 1 aliphatic heterocycles. The van der Waals surface area contributed by atoms with Gasteiger partial charge in [0.15, 0.2) is 12.2 Å². The summed E-state index contributed by atoms with van der Waals surface area (Å²) in [6, 6.07) is 9.07. The zero-order chi connectivity index (χ0) is 24.9. The first-order valence-electron chi connectivity index (χ1n) is 11.7. The number of imidazole rings is 1. The van der Waals surface area contributed by atoms with Gasteiger partial charge in [0.25, 0.3) is 5.91 Å². The Morgan fingerprint density at radius 1 is 1.25 bits per heavy atom. The second kappa shape index (κ2) is 8.56. The SMILES string of the molecule is C=CC(=O)N1CC[C@]2(C1)C[C@H](n1c(NC(=O)c3ccc(-c4cnco4)s3)nc3cc(C=O)ccc31)C2. The smallest absolute Gasteiger partial charge is 0.268 e. The molecule has 2 amide bonds. The van der Waals surface area contributed by atoms with Crippen molar-refractivity contribution in [2.45, 2.75) is 25.3 Å². The molecule has 1 spiro atoms. The molecule has 182 valence electrons. The molecule has 9 nitrogen and oxygen atoms in total. The van der Waals surface area contributed by atoms with Crippen molar-refractivity contribution in [2.24, 2.45) is 5.41 Å². The van der Waals surface area contributed by atoms with Gasteiger partial charge in [0.05, 0.1) is 27.0 Å². The number of carbonyl (C=O) groups is 3. The lowest BCUT2D eigenvalue weighted by atomic mass is 9.64. The number of oxazole rings is 1. The van der Waals surface area contributed by atoms with Gasteiger partial charge in [0, 0.05) is 24.7 Å². The molecule has 2 fully saturated rings. The van der Waals surface area contributed by atoms with Gasteiger partial charge in [0.1, 0.15) is 6.29 Å². The number of nitrogens with zero attached hydrogens (tertiary/aromatic N) is 4. The molecule has 3 aromatic heterocycles. The molecule has 6 rings (SSSR count). The number of nitrogens with one attached hydrogen (secondary N) is 1. The average molecular weight is 502 g/mol. The molecule has 4 aromatic rings. The van der Waals surface area contributed by atoms with Crippen LogP contribution in [0.4, 0.5) is 5.95 Å². The van der Waals surface area contributed by atoms with Crippen LogP contribution < -0.4 is 5.32 Å². The summed E-state index contributed by atoms with van der Waals surface area (Å²) < 4.78 is 7.40. The lowest BCUT2D eigenvalue weighted by Crippen LogP contribution is -2.42. The highest BCUT2D eigenvalue weighted by Gasteiger charge is 2.50. The van der Waals surface area contributed by atoms with E-state index < -0.39 is 0 Å². The number of thiophene rings is 1. The van der Waals surface area contributed by atoms with Gasteiger partial charge in [-0.1, -0.05) is 6.58 Å². The Morgan fingerprint density at radius 2 is 2.11 bits per heavy atom. The topological polar surface area (TPSA) is 110 Å². The van der Waals surface area contributed by atoms with Crippen LogP contribution >= 0.6 is 11.3 Å². The zero-order valence-corrected chi connectivity index (χ0v) is 20.2. The van der Waals surface area contributed by atoms with Crippen LogP contribution in [0.15, 0.2) is 60.0 Å². The molecule has 2 aliphatic rings. The van der Waals surface area contributed by atoms with Crippen molar-refractivity contribution in [1.82, 2.24) is 19.4 Å². The van der Waals surface area contributed by atoms with Gasteiger partial charge >= 0.3 is 0 Å². The van der Waals surface area contributed by atoms with E-state index in [0.29, 0.717) is 27.7 Å². The molecule has 1 saturated heterocycles. The van der Waals surface area contributed by atoms with Gasteiger partial charge in [-0.25, -0.2) is 9.97 Å². The summed E-state index contributed by atoms with van der Waals surface area (Å²) in [5.41, 5.74) is 2.11. The molecule has 0 atom stereocenters. The Balaban J connectivity index is 1.28. The van der Waals surface area contributed by atoms with E-state index in [1.165, 1.54) is 23.8 Å². The van der Waals surface area contributed by atoms with Crippen LogP contribution in [0.2, 0.25) is 0 Å². The number of aromatic nitrogens is 3. The van der Waals surface area contributed by atoms with Crippen molar-refractivity contribution in [3.05, 3.63) is 66.0 Å². The van der Waals surface area contributed by atoms with Crippen LogP contribution in [0.25, 0.3) is 21.7 Å². The highest BCUT2D eigenvalue weighted by Crippen LogP contribution is 2.55. The Morgan fingerprint density at radius 3 is 2.86 bits per heavy atom. The van der Waals surface area contributed by atoms with E-state index in [1.54, 1.807) is 24.4 Å². The predicted molar refractivity (Wildman–Crippen MR) is 135 cm³/mol. The van der Waals surface area contributed by atoms with E-state index in [9.17, 15) is 14.4 Å². The number of carbonyl (C=O) groups excluding carboxylic acids is 3. The molecule has 1 aliphatic carbocycles. The van der Waals surface area contributed by atoms with Gasteiger partial charge in [-0.15, -0.1) is 11.3 Å². The van der Waals surface area contributed by atoms with Gasteiger partial charge < -0.3 is 13.9 Å². The number of benzene rings is 1. The van der Waals surface area contributed by atoms with Crippen LogP contribution in [0.3, 0.4) is 0 Å². The average Bonchev–Trinajstić information content (AvgIpc) is 3.66. The minimum absolute atomic E-state index is 0.0293. The predicted octanol–water partition coefficient (Wildman–Crippen LogP) is 4.56. The number of amides is 2. The first-order chi connectivity index (χ1) is 17.5. The molecule has 0 bridgehead atoms. The molecule has 1 saturated carbocycles. The number of hydrogen-bond donors (Lipinski definition) is 1. The lowest BCUT2D eigenvalue weighted by molar-refractivity contribution is -0.125. The summed E-state index contributed by atoms with van der Waals surface area (Å²) in [5.74, 6) is 0.756. The Bertz CT molecular complexity index is 1500. The molecule has 4 heterocycles. The number of fused-ring (bicyclic) bond motifs is 1. The summed E-state index contributed by atoms with van der Waals surface area (Å²) in [5, 5.41) is 2.99. The molecule has 0 radical (unpaired) electrons. The fourth-order valence-electron chi connectivity index (χ4n) is 5.45. The maximum absolute atomic E-state index is 13.2. The summed E-state index contributed by atoms with van der Waals surface area (Å²) in [4.78, 5) is 48.4. The van der Waals surface area contributed by atoms with E-state index in [-0.39, 0.29) is 23.3 Å². The van der Waals surface area contributed by atoms with E-state index in [2.05, 4.69) is 26.4 Å². The molecular weight excluding hydrogens is 478 g/mol. The van der Waals surface area contributed by atoms with Crippen molar-refractivity contribution in [3.63, 3.8) is 0 Å². The fraction of sp³-hybridized carbons (Fsp3) is 0.269. The fourth-order valence-corrected chi connectivity index (χ4v) is 6.30. The monoisotopic (exact) mass is 501 g/mol. The van der Waals surface area contributed by atoms with E-state index in [0.717, 1.165) is 49.0 Å². The third-order valence-corrected chi connectivity index (χ3v) is 8.31. The van der Waals surface area contributed by atoms with Crippen LogP contribution in [0, 0.1) is 5.41 Å². The molecular formula is C26H23N5O4S. The highest BCUT2D eigenvalue weighted by atomic mass is 32.1. The number of anilines is 1. The van der Waals surface area contributed by atoms with Crippen molar-refractivity contribution >= 4 is 46.4 Å².